The predicted octanol–water partition coefficient (Wildman–Crippen LogP) is 3.96. The van der Waals surface area contributed by atoms with Crippen molar-refractivity contribution in [2.75, 3.05) is 6.61 Å². The van der Waals surface area contributed by atoms with Gasteiger partial charge in [-0.1, -0.05) is 43.3 Å². The first-order valence-electron chi connectivity index (χ1n) is 7.58. The van der Waals surface area contributed by atoms with Gasteiger partial charge in [0.25, 0.3) is 0 Å². The molecule has 0 unspecified atom stereocenters. The standard InChI is InChI=1S/C19H19NO2/c1-2-18(22)15-7-3-6-14(11-15)17-12-20-19-13(9-10-21)5-4-8-16(17)19/h3-8,11-12,20-21H,2,9-10H2,1H3. The number of Topliss-reactive ketones (excluding diaryl/α,β-unsaturated/α-hetero) is 1. The Morgan fingerprint density at radius 3 is 2.77 bits per heavy atom. The summed E-state index contributed by atoms with van der Waals surface area (Å²) in [6, 6.07) is 13.9. The second-order valence-electron chi connectivity index (χ2n) is 5.37. The quantitative estimate of drug-likeness (QED) is 0.699. The zero-order valence-corrected chi connectivity index (χ0v) is 12.6. The Morgan fingerprint density at radius 2 is 2.00 bits per heavy atom. The zero-order valence-electron chi connectivity index (χ0n) is 12.6. The maximum atomic E-state index is 11.9. The summed E-state index contributed by atoms with van der Waals surface area (Å²) in [7, 11) is 0. The lowest BCUT2D eigenvalue weighted by Gasteiger charge is -2.04. The number of fused-ring (bicyclic) bond motifs is 1. The minimum Gasteiger partial charge on any atom is -0.396 e. The molecule has 0 aliphatic heterocycles. The number of aliphatic hydroxyl groups is 1. The molecule has 0 saturated heterocycles. The first kappa shape index (κ1) is 14.5. The molecule has 3 heteroatoms. The summed E-state index contributed by atoms with van der Waals surface area (Å²) in [5.41, 5.74) is 5.03. The SMILES string of the molecule is CCC(=O)c1cccc(-c2c[nH]c3c(CCO)cccc23)c1. The Morgan fingerprint density at radius 1 is 1.18 bits per heavy atom. The van der Waals surface area contributed by atoms with Crippen LogP contribution in [0.5, 0.6) is 0 Å². The van der Waals surface area contributed by atoms with Crippen LogP contribution in [0.15, 0.2) is 48.7 Å². The number of rotatable bonds is 5. The maximum absolute atomic E-state index is 11.9. The first-order valence-corrected chi connectivity index (χ1v) is 7.58. The Balaban J connectivity index is 2.11. The summed E-state index contributed by atoms with van der Waals surface area (Å²) < 4.78 is 0. The third kappa shape index (κ3) is 2.55. The van der Waals surface area contributed by atoms with Crippen LogP contribution in [0.25, 0.3) is 22.0 Å². The van der Waals surface area contributed by atoms with Crippen molar-refractivity contribution < 1.29 is 9.90 Å². The van der Waals surface area contributed by atoms with Crippen LogP contribution in [-0.2, 0) is 6.42 Å². The number of H-pyrrole nitrogens is 1. The highest BCUT2D eigenvalue weighted by Crippen LogP contribution is 2.31. The number of ketones is 1. The third-order valence-corrected chi connectivity index (χ3v) is 4.00. The molecule has 0 radical (unpaired) electrons. The van der Waals surface area contributed by atoms with Crippen LogP contribution >= 0.6 is 0 Å². The van der Waals surface area contributed by atoms with Crippen LogP contribution < -0.4 is 0 Å². The Kier molecular flexibility index (Phi) is 4.07. The van der Waals surface area contributed by atoms with Gasteiger partial charge in [0.15, 0.2) is 5.78 Å². The highest BCUT2D eigenvalue weighted by Gasteiger charge is 2.11. The van der Waals surface area contributed by atoms with Crippen molar-refractivity contribution in [2.24, 2.45) is 0 Å². The Hall–Kier alpha value is -2.39. The molecule has 0 aliphatic rings. The lowest BCUT2D eigenvalue weighted by Crippen LogP contribution is -1.96. The molecule has 3 aromatic rings. The van der Waals surface area contributed by atoms with E-state index < -0.39 is 0 Å². The number of aromatic amines is 1. The number of hydrogen-bond acceptors (Lipinski definition) is 2. The molecule has 2 N–H and O–H groups in total. The molecule has 0 saturated carbocycles. The van der Waals surface area contributed by atoms with Crippen molar-refractivity contribution in [3.05, 3.63) is 59.8 Å². The van der Waals surface area contributed by atoms with Crippen molar-refractivity contribution in [3.63, 3.8) is 0 Å². The van der Waals surface area contributed by atoms with Crippen LogP contribution in [0.4, 0.5) is 0 Å². The fraction of sp³-hybridized carbons (Fsp3) is 0.211. The third-order valence-electron chi connectivity index (χ3n) is 4.00. The number of nitrogens with one attached hydrogen (secondary N) is 1. The molecular weight excluding hydrogens is 274 g/mol. The minimum atomic E-state index is 0.133. The van der Waals surface area contributed by atoms with E-state index in [-0.39, 0.29) is 12.4 Å². The van der Waals surface area contributed by atoms with E-state index >= 15 is 0 Å². The average molecular weight is 293 g/mol. The predicted molar refractivity (Wildman–Crippen MR) is 89.1 cm³/mol. The summed E-state index contributed by atoms with van der Waals surface area (Å²) in [5.74, 6) is 0.155. The zero-order chi connectivity index (χ0) is 15.5. The summed E-state index contributed by atoms with van der Waals surface area (Å²) in [5, 5.41) is 10.3. The molecule has 3 rings (SSSR count). The van der Waals surface area contributed by atoms with E-state index in [1.807, 2.05) is 49.5 Å². The maximum Gasteiger partial charge on any atom is 0.162 e. The van der Waals surface area contributed by atoms with E-state index in [2.05, 4.69) is 11.1 Å². The average Bonchev–Trinajstić information content (AvgIpc) is 2.99. The minimum absolute atomic E-state index is 0.133. The molecule has 112 valence electrons. The van der Waals surface area contributed by atoms with Crippen molar-refractivity contribution in [3.8, 4) is 11.1 Å². The van der Waals surface area contributed by atoms with Crippen LogP contribution in [-0.4, -0.2) is 22.5 Å². The normalized spacial score (nSPS) is 11.0. The van der Waals surface area contributed by atoms with Gasteiger partial charge >= 0.3 is 0 Å². The monoisotopic (exact) mass is 293 g/mol. The van der Waals surface area contributed by atoms with Gasteiger partial charge in [0, 0.05) is 41.3 Å². The molecule has 0 amide bonds. The van der Waals surface area contributed by atoms with Gasteiger partial charge in [-0.15, -0.1) is 0 Å². The lowest BCUT2D eigenvalue weighted by atomic mass is 9.99. The molecule has 1 heterocycles. The van der Waals surface area contributed by atoms with Gasteiger partial charge < -0.3 is 10.1 Å². The Bertz CT molecular complexity index is 817. The van der Waals surface area contributed by atoms with Gasteiger partial charge in [-0.05, 0) is 23.6 Å². The molecule has 0 aliphatic carbocycles. The number of carbonyl (C=O) groups is 1. The molecule has 0 spiro atoms. The number of para-hydroxylation sites is 1. The van der Waals surface area contributed by atoms with Gasteiger partial charge in [-0.3, -0.25) is 4.79 Å². The molecule has 0 fully saturated rings. The number of benzene rings is 2. The Labute approximate surface area is 129 Å². The van der Waals surface area contributed by atoms with Crippen molar-refractivity contribution >= 4 is 16.7 Å². The highest BCUT2D eigenvalue weighted by molar-refractivity contribution is 6.00. The van der Waals surface area contributed by atoms with Gasteiger partial charge in [-0.2, -0.15) is 0 Å². The van der Waals surface area contributed by atoms with Gasteiger partial charge in [0.05, 0.1) is 0 Å². The fourth-order valence-corrected chi connectivity index (χ4v) is 2.85. The van der Waals surface area contributed by atoms with E-state index in [1.165, 1.54) is 0 Å². The smallest absolute Gasteiger partial charge is 0.162 e. The first-order chi connectivity index (χ1) is 10.7. The molecule has 22 heavy (non-hydrogen) atoms. The van der Waals surface area contributed by atoms with Crippen LogP contribution in [0, 0.1) is 0 Å². The van der Waals surface area contributed by atoms with Crippen molar-refractivity contribution in [1.29, 1.82) is 0 Å². The van der Waals surface area contributed by atoms with Crippen molar-refractivity contribution in [1.82, 2.24) is 4.98 Å². The largest absolute Gasteiger partial charge is 0.396 e. The van der Waals surface area contributed by atoms with Crippen LogP contribution in [0.3, 0.4) is 0 Å². The van der Waals surface area contributed by atoms with Gasteiger partial charge in [0.2, 0.25) is 0 Å². The van der Waals surface area contributed by atoms with E-state index in [4.69, 9.17) is 0 Å². The van der Waals surface area contributed by atoms with E-state index in [0.29, 0.717) is 12.8 Å². The van der Waals surface area contributed by atoms with Gasteiger partial charge in [0.1, 0.15) is 0 Å². The summed E-state index contributed by atoms with van der Waals surface area (Å²) in [6.07, 6.45) is 3.12. The molecule has 0 atom stereocenters. The topological polar surface area (TPSA) is 53.1 Å². The number of hydrogen-bond donors (Lipinski definition) is 2. The number of carbonyl (C=O) groups excluding carboxylic acids is 1. The van der Waals surface area contributed by atoms with E-state index in [1.54, 1.807) is 0 Å². The summed E-state index contributed by atoms with van der Waals surface area (Å²) in [4.78, 5) is 15.2. The fourth-order valence-electron chi connectivity index (χ4n) is 2.85. The second-order valence-corrected chi connectivity index (χ2v) is 5.37. The number of aromatic nitrogens is 1. The molecule has 2 aromatic carbocycles. The molecular formula is C19H19NO2. The van der Waals surface area contributed by atoms with E-state index in [0.717, 1.165) is 33.2 Å². The number of aliphatic hydroxyl groups excluding tert-OH is 1. The van der Waals surface area contributed by atoms with Crippen LogP contribution in [0.2, 0.25) is 0 Å². The van der Waals surface area contributed by atoms with Crippen molar-refractivity contribution in [2.45, 2.75) is 19.8 Å². The highest BCUT2D eigenvalue weighted by atomic mass is 16.2. The summed E-state index contributed by atoms with van der Waals surface area (Å²) >= 11 is 0. The second kappa shape index (κ2) is 6.16. The van der Waals surface area contributed by atoms with E-state index in [9.17, 15) is 9.90 Å². The molecule has 1 aromatic heterocycles. The van der Waals surface area contributed by atoms with Crippen LogP contribution in [0.1, 0.15) is 29.3 Å². The van der Waals surface area contributed by atoms with Gasteiger partial charge in [-0.25, -0.2) is 0 Å². The summed E-state index contributed by atoms with van der Waals surface area (Å²) in [6.45, 7) is 2.01. The molecule has 3 nitrogen and oxygen atoms in total. The lowest BCUT2D eigenvalue weighted by molar-refractivity contribution is 0.0988. The molecule has 0 bridgehead atoms.